The molecule has 1 aliphatic heterocycles. The Morgan fingerprint density at radius 3 is 2.77 bits per heavy atom. The number of carbonyl (C=O) groups is 1. The van der Waals surface area contributed by atoms with Crippen molar-refractivity contribution in [3.05, 3.63) is 75.9 Å². The van der Waals surface area contributed by atoms with E-state index in [9.17, 15) is 18.8 Å². The zero-order valence-corrected chi connectivity index (χ0v) is 21.8. The van der Waals surface area contributed by atoms with Crippen molar-refractivity contribution in [3.63, 3.8) is 0 Å². The van der Waals surface area contributed by atoms with Crippen molar-refractivity contribution in [2.45, 2.75) is 33.4 Å². The van der Waals surface area contributed by atoms with Crippen LogP contribution in [0.4, 0.5) is 14.5 Å². The molecular weight excluding hydrogens is 526 g/mol. The first kappa shape index (κ1) is 24.9. The Morgan fingerprint density at radius 1 is 1.23 bits per heavy atom. The van der Waals surface area contributed by atoms with Crippen LogP contribution in [-0.2, 0) is 17.9 Å². The minimum absolute atomic E-state index is 0.0621. The molecule has 0 radical (unpaired) electrons. The van der Waals surface area contributed by atoms with Gasteiger partial charge >= 0.3 is 0 Å². The molecule has 1 unspecified atom stereocenters. The van der Waals surface area contributed by atoms with Crippen LogP contribution in [0.5, 0.6) is 5.75 Å². The number of allylic oxidation sites excluding steroid dienone is 2. The summed E-state index contributed by atoms with van der Waals surface area (Å²) in [5.74, 6) is -1.32. The monoisotopic (exact) mass is 546 g/mol. The van der Waals surface area contributed by atoms with Gasteiger partial charge in [-0.2, -0.15) is 10.4 Å². The van der Waals surface area contributed by atoms with Gasteiger partial charge in [-0.3, -0.25) is 14.7 Å². The Kier molecular flexibility index (Phi) is 6.03. The third kappa shape index (κ3) is 4.19. The topological polar surface area (TPSA) is 96.9 Å². The summed E-state index contributed by atoms with van der Waals surface area (Å²) in [6.07, 6.45) is 3.58. The van der Waals surface area contributed by atoms with E-state index in [-0.39, 0.29) is 29.6 Å². The lowest BCUT2D eigenvalue weighted by Gasteiger charge is -2.30. The number of halogens is 3. The Bertz CT molecular complexity index is 1760. The minimum atomic E-state index is -0.847. The van der Waals surface area contributed by atoms with Gasteiger partial charge < -0.3 is 4.74 Å². The lowest BCUT2D eigenvalue weighted by atomic mass is 9.79. The van der Waals surface area contributed by atoms with E-state index in [2.05, 4.69) is 35.0 Å². The van der Waals surface area contributed by atoms with Crippen molar-refractivity contribution < 1.29 is 18.3 Å². The molecule has 0 fully saturated rings. The summed E-state index contributed by atoms with van der Waals surface area (Å²) in [7, 11) is 0. The number of nitriles is 1. The highest BCUT2D eigenvalue weighted by molar-refractivity contribution is 6.31. The van der Waals surface area contributed by atoms with Gasteiger partial charge in [-0.05, 0) is 38.0 Å². The quantitative estimate of drug-likeness (QED) is 0.239. The van der Waals surface area contributed by atoms with Crippen LogP contribution in [0, 0.1) is 28.9 Å². The molecule has 0 saturated carbocycles. The van der Waals surface area contributed by atoms with Crippen LogP contribution in [0.15, 0.2) is 47.8 Å². The second kappa shape index (κ2) is 9.43. The predicted molar refractivity (Wildman–Crippen MR) is 140 cm³/mol. The molecule has 39 heavy (non-hydrogen) atoms. The van der Waals surface area contributed by atoms with Crippen LogP contribution in [0.25, 0.3) is 22.2 Å². The maximum atomic E-state index is 14.3. The Hall–Kier alpha value is -4.36. The third-order valence-corrected chi connectivity index (χ3v) is 7.74. The smallest absolute Gasteiger partial charge is 0.265 e. The highest BCUT2D eigenvalue weighted by Gasteiger charge is 2.29. The van der Waals surface area contributed by atoms with Crippen LogP contribution < -0.4 is 9.64 Å². The number of aromatic nitrogens is 4. The Morgan fingerprint density at radius 2 is 2.05 bits per heavy atom. The molecule has 11 heteroatoms. The van der Waals surface area contributed by atoms with Gasteiger partial charge in [-0.15, -0.1) is 0 Å². The van der Waals surface area contributed by atoms with Gasteiger partial charge in [0.25, 0.3) is 5.91 Å². The average molecular weight is 547 g/mol. The first-order valence-corrected chi connectivity index (χ1v) is 12.6. The number of anilines is 1. The maximum absolute atomic E-state index is 14.3. The van der Waals surface area contributed by atoms with Crippen LogP contribution in [-0.4, -0.2) is 32.3 Å². The number of amides is 1. The molecule has 0 bridgehead atoms. The SMILES string of the molecule is CC1=C(C)C(Cn2ncc3c(-c4ccc5c(c4)OCC(=O)N5Cc4ncc(F)cc4F)c(C#N)c(Cl)nc32)C1. The molecule has 1 atom stereocenters. The minimum Gasteiger partial charge on any atom is -0.482 e. The standard InChI is InChI=1S/C28H21ClF2N6O2/c1-14-5-17(15(14)2)11-37-28-20(10-34-37)26(19(8-32)27(29)35-28)16-3-4-23-24(6-16)39-13-25(38)36(23)12-22-21(31)7-18(30)9-33-22/h3-4,6-7,9-10,17H,5,11-13H2,1-2H3. The van der Waals surface area contributed by atoms with Gasteiger partial charge in [0.1, 0.15) is 28.6 Å². The van der Waals surface area contributed by atoms with Crippen molar-refractivity contribution in [3.8, 4) is 22.9 Å². The van der Waals surface area contributed by atoms with Crippen molar-refractivity contribution in [2.24, 2.45) is 5.92 Å². The Labute approximate surface area is 227 Å². The number of benzene rings is 1. The van der Waals surface area contributed by atoms with Crippen LogP contribution >= 0.6 is 11.6 Å². The molecule has 4 aromatic rings. The highest BCUT2D eigenvalue weighted by atomic mass is 35.5. The Balaban J connectivity index is 1.41. The molecule has 3 aromatic heterocycles. The number of rotatable bonds is 5. The van der Waals surface area contributed by atoms with E-state index in [0.29, 0.717) is 46.1 Å². The number of ether oxygens (including phenoxy) is 1. The van der Waals surface area contributed by atoms with Gasteiger partial charge in [0.05, 0.1) is 42.4 Å². The predicted octanol–water partition coefficient (Wildman–Crippen LogP) is 5.58. The molecule has 196 valence electrons. The second-order valence-electron chi connectivity index (χ2n) is 9.73. The first-order chi connectivity index (χ1) is 18.7. The molecule has 1 aromatic carbocycles. The summed E-state index contributed by atoms with van der Waals surface area (Å²) in [5.41, 5.74) is 4.99. The molecule has 1 amide bonds. The van der Waals surface area contributed by atoms with E-state index >= 15 is 0 Å². The number of hydrogen-bond donors (Lipinski definition) is 0. The zero-order valence-electron chi connectivity index (χ0n) is 21.0. The molecule has 0 N–H and O–H groups in total. The summed E-state index contributed by atoms with van der Waals surface area (Å²) in [4.78, 5) is 22.3. The largest absolute Gasteiger partial charge is 0.482 e. The summed E-state index contributed by atoms with van der Waals surface area (Å²) < 4.78 is 35.1. The second-order valence-corrected chi connectivity index (χ2v) is 10.1. The lowest BCUT2D eigenvalue weighted by molar-refractivity contribution is -0.121. The van der Waals surface area contributed by atoms with E-state index in [1.54, 1.807) is 24.4 Å². The van der Waals surface area contributed by atoms with Crippen molar-refractivity contribution in [2.75, 3.05) is 11.5 Å². The average Bonchev–Trinajstić information content (AvgIpc) is 3.31. The van der Waals surface area contributed by atoms with Gasteiger partial charge in [-0.1, -0.05) is 28.8 Å². The van der Waals surface area contributed by atoms with Gasteiger partial charge in [0.2, 0.25) is 0 Å². The fourth-order valence-electron chi connectivity index (χ4n) is 5.15. The summed E-state index contributed by atoms with van der Waals surface area (Å²) in [6, 6.07) is 7.97. The zero-order chi connectivity index (χ0) is 27.4. The molecule has 4 heterocycles. The van der Waals surface area contributed by atoms with Gasteiger partial charge in [0.15, 0.2) is 12.3 Å². The number of fused-ring (bicyclic) bond motifs is 2. The van der Waals surface area contributed by atoms with Crippen LogP contribution in [0.2, 0.25) is 5.15 Å². The first-order valence-electron chi connectivity index (χ1n) is 12.2. The summed E-state index contributed by atoms with van der Waals surface area (Å²) in [5, 5.41) is 15.2. The number of pyridine rings is 2. The fourth-order valence-corrected chi connectivity index (χ4v) is 5.37. The van der Waals surface area contributed by atoms with Crippen LogP contribution in [0.1, 0.15) is 31.5 Å². The van der Waals surface area contributed by atoms with E-state index in [1.807, 2.05) is 4.68 Å². The number of carbonyl (C=O) groups excluding carboxylic acids is 1. The lowest BCUT2D eigenvalue weighted by Crippen LogP contribution is -2.38. The number of nitrogens with zero attached hydrogens (tertiary/aromatic N) is 6. The summed E-state index contributed by atoms with van der Waals surface area (Å²) in [6.45, 7) is 4.42. The van der Waals surface area contributed by atoms with Crippen molar-refractivity contribution >= 4 is 34.2 Å². The molecule has 0 saturated heterocycles. The van der Waals surface area contributed by atoms with E-state index in [1.165, 1.54) is 16.0 Å². The molecule has 2 aliphatic rings. The van der Waals surface area contributed by atoms with E-state index < -0.39 is 17.5 Å². The molecule has 1 aliphatic carbocycles. The normalized spacial score (nSPS) is 16.7. The van der Waals surface area contributed by atoms with Crippen molar-refractivity contribution in [1.82, 2.24) is 19.7 Å². The fraction of sp³-hybridized carbons (Fsp3) is 0.250. The number of hydrogen-bond acceptors (Lipinski definition) is 6. The third-order valence-electron chi connectivity index (χ3n) is 7.47. The highest BCUT2D eigenvalue weighted by Crippen LogP contribution is 2.41. The molecule has 6 rings (SSSR count). The van der Waals surface area contributed by atoms with Gasteiger partial charge in [-0.25, -0.2) is 18.4 Å². The van der Waals surface area contributed by atoms with E-state index in [4.69, 9.17) is 16.3 Å². The van der Waals surface area contributed by atoms with Gasteiger partial charge in [0, 0.05) is 22.9 Å². The molecule has 8 nitrogen and oxygen atoms in total. The van der Waals surface area contributed by atoms with Crippen molar-refractivity contribution in [1.29, 1.82) is 5.26 Å². The van der Waals surface area contributed by atoms with Crippen LogP contribution in [0.3, 0.4) is 0 Å². The molecule has 0 spiro atoms. The van der Waals surface area contributed by atoms with E-state index in [0.717, 1.165) is 18.7 Å². The maximum Gasteiger partial charge on any atom is 0.265 e. The summed E-state index contributed by atoms with van der Waals surface area (Å²) >= 11 is 6.49. The molecular formula is C28H21ClF2N6O2.